The molecule has 0 saturated heterocycles. The van der Waals surface area contributed by atoms with Gasteiger partial charge in [0.05, 0.1) is 6.54 Å². The van der Waals surface area contributed by atoms with Gasteiger partial charge in [0, 0.05) is 26.2 Å². The third-order valence-corrected chi connectivity index (χ3v) is 3.16. The van der Waals surface area contributed by atoms with Crippen molar-refractivity contribution in [2.24, 2.45) is 5.73 Å². The number of urea groups is 1. The van der Waals surface area contributed by atoms with Crippen LogP contribution in [0, 0.1) is 0 Å². The number of amides is 3. The quantitative estimate of drug-likeness (QED) is 0.695. The average Bonchev–Trinajstić information content (AvgIpc) is 2.52. The first-order valence-electron chi connectivity index (χ1n) is 7.18. The van der Waals surface area contributed by atoms with Gasteiger partial charge in [-0.25, -0.2) is 4.79 Å². The topological polar surface area (TPSA) is 87.5 Å². The summed E-state index contributed by atoms with van der Waals surface area (Å²) >= 11 is 0. The number of carbonyl (C=O) groups is 2. The molecule has 0 spiro atoms. The van der Waals surface area contributed by atoms with E-state index in [-0.39, 0.29) is 18.5 Å². The van der Waals surface area contributed by atoms with E-state index in [1.54, 1.807) is 4.90 Å². The fourth-order valence-electron chi connectivity index (χ4n) is 1.92. The number of nitrogens with two attached hydrogens (primary N) is 1. The van der Waals surface area contributed by atoms with E-state index in [1.165, 1.54) is 0 Å². The van der Waals surface area contributed by atoms with Gasteiger partial charge in [0.15, 0.2) is 0 Å². The normalized spacial score (nSPS) is 10.0. The zero-order valence-corrected chi connectivity index (χ0v) is 12.7. The first kappa shape index (κ1) is 17.0. The molecule has 1 rings (SSSR count). The maximum atomic E-state index is 11.9. The largest absolute Gasteiger partial charge is 0.351 e. The molecule has 3 amide bonds. The smallest absolute Gasteiger partial charge is 0.317 e. The Morgan fingerprint density at radius 3 is 2.19 bits per heavy atom. The van der Waals surface area contributed by atoms with Crippen molar-refractivity contribution in [1.29, 1.82) is 0 Å². The van der Waals surface area contributed by atoms with Gasteiger partial charge < -0.3 is 21.3 Å². The molecule has 0 bridgehead atoms. The van der Waals surface area contributed by atoms with Gasteiger partial charge in [-0.1, -0.05) is 24.3 Å². The predicted octanol–water partition coefficient (Wildman–Crippen LogP) is 0.813. The summed E-state index contributed by atoms with van der Waals surface area (Å²) in [6.07, 6.45) is 0. The summed E-state index contributed by atoms with van der Waals surface area (Å²) in [6, 6.07) is 7.66. The number of rotatable bonds is 7. The van der Waals surface area contributed by atoms with Crippen LogP contribution in [-0.2, 0) is 17.9 Å². The monoisotopic (exact) mass is 292 g/mol. The number of nitrogens with zero attached hydrogens (tertiary/aromatic N) is 1. The number of hydrogen-bond acceptors (Lipinski definition) is 3. The highest BCUT2D eigenvalue weighted by Crippen LogP contribution is 2.05. The molecule has 0 saturated carbocycles. The highest BCUT2D eigenvalue weighted by Gasteiger charge is 2.08. The van der Waals surface area contributed by atoms with E-state index < -0.39 is 0 Å². The molecule has 0 aromatic heterocycles. The van der Waals surface area contributed by atoms with Crippen molar-refractivity contribution >= 4 is 11.9 Å². The van der Waals surface area contributed by atoms with Crippen LogP contribution in [0.4, 0.5) is 4.79 Å². The van der Waals surface area contributed by atoms with Crippen LogP contribution >= 0.6 is 0 Å². The predicted molar refractivity (Wildman–Crippen MR) is 82.5 cm³/mol. The molecular formula is C15H24N4O2. The van der Waals surface area contributed by atoms with Crippen LogP contribution in [0.3, 0.4) is 0 Å². The van der Waals surface area contributed by atoms with Crippen molar-refractivity contribution < 1.29 is 9.59 Å². The second-order valence-corrected chi connectivity index (χ2v) is 4.63. The van der Waals surface area contributed by atoms with Crippen LogP contribution in [-0.4, -0.2) is 36.5 Å². The van der Waals surface area contributed by atoms with E-state index in [2.05, 4.69) is 10.6 Å². The van der Waals surface area contributed by atoms with Gasteiger partial charge >= 0.3 is 6.03 Å². The number of nitrogens with one attached hydrogen (secondary N) is 2. The number of benzene rings is 1. The van der Waals surface area contributed by atoms with Crippen molar-refractivity contribution in [2.45, 2.75) is 26.9 Å². The minimum Gasteiger partial charge on any atom is -0.351 e. The van der Waals surface area contributed by atoms with Gasteiger partial charge in [0.1, 0.15) is 0 Å². The highest BCUT2D eigenvalue weighted by molar-refractivity contribution is 5.77. The first-order valence-corrected chi connectivity index (χ1v) is 7.18. The molecule has 0 aliphatic heterocycles. The Morgan fingerprint density at radius 1 is 1.10 bits per heavy atom. The Kier molecular flexibility index (Phi) is 7.25. The molecular weight excluding hydrogens is 268 g/mol. The zero-order valence-electron chi connectivity index (χ0n) is 12.7. The average molecular weight is 292 g/mol. The van der Waals surface area contributed by atoms with Gasteiger partial charge in [0.2, 0.25) is 5.91 Å². The Labute approximate surface area is 125 Å². The van der Waals surface area contributed by atoms with Crippen LogP contribution in [0.25, 0.3) is 0 Å². The summed E-state index contributed by atoms with van der Waals surface area (Å²) in [5.41, 5.74) is 7.21. The Morgan fingerprint density at radius 2 is 1.67 bits per heavy atom. The molecule has 0 aliphatic rings. The molecule has 0 radical (unpaired) electrons. The van der Waals surface area contributed by atoms with E-state index in [1.807, 2.05) is 38.1 Å². The molecule has 1 aromatic rings. The van der Waals surface area contributed by atoms with E-state index in [9.17, 15) is 9.59 Å². The lowest BCUT2D eigenvalue weighted by molar-refractivity contribution is -0.119. The van der Waals surface area contributed by atoms with Crippen molar-refractivity contribution in [3.63, 3.8) is 0 Å². The molecule has 4 N–H and O–H groups in total. The first-order chi connectivity index (χ1) is 10.1. The Hall–Kier alpha value is -2.08. The van der Waals surface area contributed by atoms with Crippen LogP contribution in [0.1, 0.15) is 25.0 Å². The molecule has 0 atom stereocenters. The molecule has 0 fully saturated rings. The lowest BCUT2D eigenvalue weighted by Gasteiger charge is -2.19. The minimum atomic E-state index is -0.185. The SMILES string of the molecule is CCN(CC)C(=O)NCc1cccc(CNC(=O)CN)c1. The third kappa shape index (κ3) is 5.83. The van der Waals surface area contributed by atoms with Crippen LogP contribution < -0.4 is 16.4 Å². The molecule has 1 aromatic carbocycles. The van der Waals surface area contributed by atoms with Crippen LogP contribution in [0.5, 0.6) is 0 Å². The number of hydrogen-bond donors (Lipinski definition) is 3. The van der Waals surface area contributed by atoms with Crippen LogP contribution in [0.2, 0.25) is 0 Å². The van der Waals surface area contributed by atoms with Crippen molar-refractivity contribution in [3.05, 3.63) is 35.4 Å². The molecule has 0 aliphatic carbocycles. The zero-order chi connectivity index (χ0) is 15.7. The van der Waals surface area contributed by atoms with E-state index in [4.69, 9.17) is 5.73 Å². The maximum Gasteiger partial charge on any atom is 0.317 e. The lowest BCUT2D eigenvalue weighted by atomic mass is 10.1. The van der Waals surface area contributed by atoms with Crippen LogP contribution in [0.15, 0.2) is 24.3 Å². The molecule has 6 nitrogen and oxygen atoms in total. The number of carbonyl (C=O) groups excluding carboxylic acids is 2. The molecule has 21 heavy (non-hydrogen) atoms. The highest BCUT2D eigenvalue weighted by atomic mass is 16.2. The summed E-state index contributed by atoms with van der Waals surface area (Å²) in [5.74, 6) is -0.185. The summed E-state index contributed by atoms with van der Waals surface area (Å²) in [4.78, 5) is 24.7. The second kappa shape index (κ2) is 8.97. The Balaban J connectivity index is 2.52. The molecule has 116 valence electrons. The fraction of sp³-hybridized carbons (Fsp3) is 0.467. The van der Waals surface area contributed by atoms with Crippen molar-refractivity contribution in [3.8, 4) is 0 Å². The summed E-state index contributed by atoms with van der Waals surface area (Å²) < 4.78 is 0. The summed E-state index contributed by atoms with van der Waals surface area (Å²) in [7, 11) is 0. The molecule has 6 heteroatoms. The van der Waals surface area contributed by atoms with E-state index >= 15 is 0 Å². The van der Waals surface area contributed by atoms with Gasteiger partial charge in [-0.05, 0) is 25.0 Å². The van der Waals surface area contributed by atoms with E-state index in [0.717, 1.165) is 11.1 Å². The standard InChI is InChI=1S/C15H24N4O2/c1-3-19(4-2)15(21)18-11-13-7-5-6-12(8-13)10-17-14(20)9-16/h5-8H,3-4,9-11,16H2,1-2H3,(H,17,20)(H,18,21). The molecule has 0 unspecified atom stereocenters. The molecule has 0 heterocycles. The van der Waals surface area contributed by atoms with Gasteiger partial charge in [-0.15, -0.1) is 0 Å². The maximum absolute atomic E-state index is 11.9. The summed E-state index contributed by atoms with van der Waals surface area (Å²) in [6.45, 7) is 6.16. The Bertz CT molecular complexity index is 472. The fourth-order valence-corrected chi connectivity index (χ4v) is 1.92. The third-order valence-electron chi connectivity index (χ3n) is 3.16. The van der Waals surface area contributed by atoms with E-state index in [0.29, 0.717) is 26.2 Å². The van der Waals surface area contributed by atoms with Crippen molar-refractivity contribution in [2.75, 3.05) is 19.6 Å². The van der Waals surface area contributed by atoms with Crippen molar-refractivity contribution in [1.82, 2.24) is 15.5 Å². The van der Waals surface area contributed by atoms with Gasteiger partial charge in [0.25, 0.3) is 0 Å². The van der Waals surface area contributed by atoms with Gasteiger partial charge in [-0.2, -0.15) is 0 Å². The minimum absolute atomic E-state index is 0.0143. The lowest BCUT2D eigenvalue weighted by Crippen LogP contribution is -2.39. The van der Waals surface area contributed by atoms with Gasteiger partial charge in [-0.3, -0.25) is 4.79 Å². The summed E-state index contributed by atoms with van der Waals surface area (Å²) in [5, 5.41) is 5.60. The second-order valence-electron chi connectivity index (χ2n) is 4.63.